The summed E-state index contributed by atoms with van der Waals surface area (Å²) in [6.07, 6.45) is 0. The van der Waals surface area contributed by atoms with Crippen LogP contribution in [-0.4, -0.2) is 5.91 Å². The number of hydrogen-bond donors (Lipinski definition) is 3. The zero-order chi connectivity index (χ0) is 14.0. The fraction of sp³-hybridized carbons (Fsp3) is 0. The molecular formula is C13H11ClFN3O. The van der Waals surface area contributed by atoms with E-state index in [1.54, 1.807) is 6.07 Å². The molecule has 5 N–H and O–H groups in total. The fourth-order valence-electron chi connectivity index (χ4n) is 1.58. The summed E-state index contributed by atoms with van der Waals surface area (Å²) in [5.41, 5.74) is 12.0. The van der Waals surface area contributed by atoms with Crippen molar-refractivity contribution in [3.05, 3.63) is 52.8 Å². The van der Waals surface area contributed by atoms with Crippen LogP contribution in [0.25, 0.3) is 0 Å². The van der Waals surface area contributed by atoms with Gasteiger partial charge in [-0.05, 0) is 30.3 Å². The van der Waals surface area contributed by atoms with Gasteiger partial charge in [0.25, 0.3) is 0 Å². The number of benzene rings is 2. The van der Waals surface area contributed by atoms with E-state index in [9.17, 15) is 9.18 Å². The van der Waals surface area contributed by atoms with Gasteiger partial charge >= 0.3 is 0 Å². The SMILES string of the molecule is NC(=O)c1ccc(Nc2c(F)cccc2Cl)c(N)c1. The predicted octanol–water partition coefficient (Wildman–Crippen LogP) is 2.90. The lowest BCUT2D eigenvalue weighted by molar-refractivity contribution is 0.100. The van der Waals surface area contributed by atoms with Crippen molar-refractivity contribution in [2.24, 2.45) is 5.73 Å². The molecule has 0 unspecified atom stereocenters. The highest BCUT2D eigenvalue weighted by molar-refractivity contribution is 6.33. The Hall–Kier alpha value is -2.27. The highest BCUT2D eigenvalue weighted by atomic mass is 35.5. The van der Waals surface area contributed by atoms with Crippen LogP contribution in [0.1, 0.15) is 10.4 Å². The molecule has 0 saturated heterocycles. The van der Waals surface area contributed by atoms with Crippen LogP contribution in [0.2, 0.25) is 5.02 Å². The van der Waals surface area contributed by atoms with Crippen LogP contribution < -0.4 is 16.8 Å². The van der Waals surface area contributed by atoms with Crippen LogP contribution in [0.4, 0.5) is 21.5 Å². The Bertz CT molecular complexity index is 626. The van der Waals surface area contributed by atoms with Crippen LogP contribution in [-0.2, 0) is 0 Å². The van der Waals surface area contributed by atoms with Crippen molar-refractivity contribution in [1.82, 2.24) is 0 Å². The molecule has 2 rings (SSSR count). The second-order valence-electron chi connectivity index (χ2n) is 3.89. The summed E-state index contributed by atoms with van der Waals surface area (Å²) in [5.74, 6) is -1.08. The maximum Gasteiger partial charge on any atom is 0.248 e. The summed E-state index contributed by atoms with van der Waals surface area (Å²) in [5, 5.41) is 3.03. The van der Waals surface area contributed by atoms with Gasteiger partial charge in [0.1, 0.15) is 5.82 Å². The zero-order valence-corrected chi connectivity index (χ0v) is 10.5. The smallest absolute Gasteiger partial charge is 0.248 e. The number of para-hydroxylation sites is 1. The normalized spacial score (nSPS) is 10.2. The molecule has 2 aromatic carbocycles. The van der Waals surface area contributed by atoms with E-state index in [2.05, 4.69) is 5.32 Å². The highest BCUT2D eigenvalue weighted by Gasteiger charge is 2.10. The fourth-order valence-corrected chi connectivity index (χ4v) is 1.79. The topological polar surface area (TPSA) is 81.1 Å². The van der Waals surface area contributed by atoms with Gasteiger partial charge in [-0.25, -0.2) is 4.39 Å². The summed E-state index contributed by atoms with van der Waals surface area (Å²) in [6.45, 7) is 0. The quantitative estimate of drug-likeness (QED) is 0.756. The molecule has 0 spiro atoms. The van der Waals surface area contributed by atoms with E-state index >= 15 is 0 Å². The van der Waals surface area contributed by atoms with Gasteiger partial charge in [-0.3, -0.25) is 4.79 Å². The maximum absolute atomic E-state index is 13.6. The zero-order valence-electron chi connectivity index (χ0n) is 9.78. The number of primary amides is 1. The number of amides is 1. The second kappa shape index (κ2) is 5.16. The minimum Gasteiger partial charge on any atom is -0.397 e. The van der Waals surface area contributed by atoms with E-state index in [4.69, 9.17) is 23.1 Å². The third-order valence-electron chi connectivity index (χ3n) is 2.56. The van der Waals surface area contributed by atoms with E-state index in [1.165, 1.54) is 30.3 Å². The molecule has 0 aliphatic rings. The maximum atomic E-state index is 13.6. The molecule has 98 valence electrons. The van der Waals surface area contributed by atoms with E-state index < -0.39 is 11.7 Å². The Labute approximate surface area is 114 Å². The number of hydrogen-bond acceptors (Lipinski definition) is 3. The molecule has 0 atom stereocenters. The number of halogens is 2. The van der Waals surface area contributed by atoms with Crippen molar-refractivity contribution < 1.29 is 9.18 Å². The van der Waals surface area contributed by atoms with Gasteiger partial charge in [0.05, 0.1) is 22.1 Å². The average Bonchev–Trinajstić information content (AvgIpc) is 2.35. The van der Waals surface area contributed by atoms with Crippen molar-refractivity contribution in [2.45, 2.75) is 0 Å². The molecule has 0 aliphatic heterocycles. The first-order valence-corrected chi connectivity index (χ1v) is 5.77. The van der Waals surface area contributed by atoms with Crippen molar-refractivity contribution in [2.75, 3.05) is 11.1 Å². The number of rotatable bonds is 3. The van der Waals surface area contributed by atoms with Gasteiger partial charge in [0, 0.05) is 5.56 Å². The first-order chi connectivity index (χ1) is 8.99. The molecule has 1 amide bonds. The van der Waals surface area contributed by atoms with Crippen LogP contribution in [0.3, 0.4) is 0 Å². The number of anilines is 3. The minimum atomic E-state index is -0.581. The molecule has 0 saturated carbocycles. The number of nitrogen functional groups attached to an aromatic ring is 1. The molecule has 4 nitrogen and oxygen atoms in total. The van der Waals surface area contributed by atoms with E-state index in [1.807, 2.05) is 0 Å². The summed E-state index contributed by atoms with van der Waals surface area (Å²) >= 11 is 5.90. The van der Waals surface area contributed by atoms with E-state index in [-0.39, 0.29) is 22.0 Å². The molecule has 0 bridgehead atoms. The molecule has 0 heterocycles. The lowest BCUT2D eigenvalue weighted by Crippen LogP contribution is -2.11. The minimum absolute atomic E-state index is 0.127. The van der Waals surface area contributed by atoms with Gasteiger partial charge in [-0.1, -0.05) is 17.7 Å². The largest absolute Gasteiger partial charge is 0.397 e. The van der Waals surface area contributed by atoms with E-state index in [0.29, 0.717) is 5.69 Å². The first-order valence-electron chi connectivity index (χ1n) is 5.39. The van der Waals surface area contributed by atoms with Crippen molar-refractivity contribution in [3.63, 3.8) is 0 Å². The molecule has 6 heteroatoms. The van der Waals surface area contributed by atoms with Gasteiger partial charge < -0.3 is 16.8 Å². The molecular weight excluding hydrogens is 269 g/mol. The molecule has 0 aromatic heterocycles. The van der Waals surface area contributed by atoms with Crippen LogP contribution in [0, 0.1) is 5.82 Å². The van der Waals surface area contributed by atoms with Crippen LogP contribution in [0.5, 0.6) is 0 Å². The standard InChI is InChI=1S/C13H11ClFN3O/c14-8-2-1-3-9(15)12(8)18-11-5-4-7(13(17)19)6-10(11)16/h1-6,18H,16H2,(H2,17,19). The summed E-state index contributed by atoms with van der Waals surface area (Å²) < 4.78 is 13.6. The number of carbonyl (C=O) groups excluding carboxylic acids is 1. The Morgan fingerprint density at radius 1 is 1.26 bits per heavy atom. The van der Waals surface area contributed by atoms with Crippen LogP contribution in [0.15, 0.2) is 36.4 Å². The highest BCUT2D eigenvalue weighted by Crippen LogP contribution is 2.30. The number of carbonyl (C=O) groups is 1. The third kappa shape index (κ3) is 2.77. The molecule has 2 aromatic rings. The van der Waals surface area contributed by atoms with E-state index in [0.717, 1.165) is 0 Å². The molecule has 0 radical (unpaired) electrons. The predicted molar refractivity (Wildman–Crippen MR) is 74.1 cm³/mol. The second-order valence-corrected chi connectivity index (χ2v) is 4.30. The first kappa shape index (κ1) is 13.2. The van der Waals surface area contributed by atoms with Crippen molar-refractivity contribution in [1.29, 1.82) is 0 Å². The number of nitrogens with one attached hydrogen (secondary N) is 1. The number of nitrogens with two attached hydrogens (primary N) is 2. The molecule has 0 aliphatic carbocycles. The van der Waals surface area contributed by atoms with Crippen molar-refractivity contribution >= 4 is 34.6 Å². The summed E-state index contributed by atoms with van der Waals surface area (Å²) in [6, 6.07) is 8.79. The lowest BCUT2D eigenvalue weighted by Gasteiger charge is -2.12. The van der Waals surface area contributed by atoms with Gasteiger partial charge in [0.2, 0.25) is 5.91 Å². The molecule has 0 fully saturated rings. The molecule has 19 heavy (non-hydrogen) atoms. The lowest BCUT2D eigenvalue weighted by atomic mass is 10.1. The average molecular weight is 280 g/mol. The summed E-state index contributed by atoms with van der Waals surface area (Å²) in [7, 11) is 0. The monoisotopic (exact) mass is 279 g/mol. The Balaban J connectivity index is 2.36. The Morgan fingerprint density at radius 2 is 2.00 bits per heavy atom. The van der Waals surface area contributed by atoms with Gasteiger partial charge in [0.15, 0.2) is 0 Å². The van der Waals surface area contributed by atoms with Crippen molar-refractivity contribution in [3.8, 4) is 0 Å². The summed E-state index contributed by atoms with van der Waals surface area (Å²) in [4.78, 5) is 11.0. The van der Waals surface area contributed by atoms with Gasteiger partial charge in [-0.15, -0.1) is 0 Å². The Morgan fingerprint density at radius 3 is 2.58 bits per heavy atom. The van der Waals surface area contributed by atoms with Gasteiger partial charge in [-0.2, -0.15) is 0 Å². The van der Waals surface area contributed by atoms with Crippen LogP contribution >= 0.6 is 11.6 Å². The third-order valence-corrected chi connectivity index (χ3v) is 2.87. The Kier molecular flexibility index (Phi) is 3.57.